The van der Waals surface area contributed by atoms with Crippen LogP contribution >= 0.6 is 0 Å². The molecule has 0 aromatic heterocycles. The molecule has 0 spiro atoms. The largest absolute Gasteiger partial charge is 0.479 e. The van der Waals surface area contributed by atoms with Crippen LogP contribution in [0.5, 0.6) is 5.75 Å². The minimum absolute atomic E-state index is 0.149. The van der Waals surface area contributed by atoms with E-state index in [-0.39, 0.29) is 5.91 Å². The van der Waals surface area contributed by atoms with Crippen molar-refractivity contribution in [2.24, 2.45) is 5.92 Å². The lowest BCUT2D eigenvalue weighted by Gasteiger charge is -2.32. The second-order valence-electron chi connectivity index (χ2n) is 6.50. The van der Waals surface area contributed by atoms with Crippen molar-refractivity contribution in [3.05, 3.63) is 23.8 Å². The van der Waals surface area contributed by atoms with Gasteiger partial charge < -0.3 is 20.1 Å². The van der Waals surface area contributed by atoms with E-state index in [1.54, 1.807) is 6.92 Å². The van der Waals surface area contributed by atoms with Gasteiger partial charge in [-0.25, -0.2) is 0 Å². The number of aliphatic hydroxyl groups is 1. The molecular formula is C17H24N2O3. The van der Waals surface area contributed by atoms with Crippen molar-refractivity contribution in [2.75, 3.05) is 25.0 Å². The number of hydrogen-bond donors (Lipinski definition) is 2. The number of hydrogen-bond acceptors (Lipinski definition) is 4. The summed E-state index contributed by atoms with van der Waals surface area (Å²) in [6, 6.07) is 5.51. The zero-order valence-corrected chi connectivity index (χ0v) is 13.2. The van der Waals surface area contributed by atoms with E-state index in [0.717, 1.165) is 24.6 Å². The van der Waals surface area contributed by atoms with E-state index in [1.165, 1.54) is 12.8 Å². The van der Waals surface area contributed by atoms with Gasteiger partial charge in [-0.2, -0.15) is 0 Å². The average Bonchev–Trinajstić information content (AvgIpc) is 2.50. The van der Waals surface area contributed by atoms with Gasteiger partial charge in [0.2, 0.25) is 0 Å². The summed E-state index contributed by atoms with van der Waals surface area (Å²) < 4.78 is 5.54. The van der Waals surface area contributed by atoms with Crippen molar-refractivity contribution in [3.63, 3.8) is 0 Å². The van der Waals surface area contributed by atoms with Crippen LogP contribution in [0, 0.1) is 5.92 Å². The van der Waals surface area contributed by atoms with Crippen LogP contribution in [0.3, 0.4) is 0 Å². The fraction of sp³-hybridized carbons (Fsp3) is 0.588. The number of amides is 1. The Morgan fingerprint density at radius 2 is 2.09 bits per heavy atom. The summed E-state index contributed by atoms with van der Waals surface area (Å²) in [5.41, 5.74) is 1.46. The maximum Gasteiger partial charge on any atom is 0.265 e. The molecule has 5 nitrogen and oxygen atoms in total. The normalized spacial score (nSPS) is 24.3. The third-order valence-electron chi connectivity index (χ3n) is 4.63. The molecule has 2 N–H and O–H groups in total. The van der Waals surface area contributed by atoms with E-state index >= 15 is 0 Å². The number of carbonyl (C=O) groups excluding carboxylic acids is 1. The van der Waals surface area contributed by atoms with Crippen LogP contribution in [-0.4, -0.2) is 41.7 Å². The Hall–Kier alpha value is -1.59. The minimum Gasteiger partial charge on any atom is -0.479 e. The van der Waals surface area contributed by atoms with Crippen LogP contribution in [-0.2, 0) is 4.79 Å². The number of nitrogens with one attached hydrogen (secondary N) is 1. The number of rotatable bonds is 3. The Bertz CT molecular complexity index is 553. The first-order valence-corrected chi connectivity index (χ1v) is 8.05. The number of anilines is 1. The van der Waals surface area contributed by atoms with Crippen molar-refractivity contribution in [1.82, 2.24) is 4.90 Å². The number of piperidine rings is 1. The topological polar surface area (TPSA) is 61.8 Å². The summed E-state index contributed by atoms with van der Waals surface area (Å²) in [5, 5.41) is 13.3. The standard InChI is InChI=1S/C17H24N2O3/c1-11-5-7-19(8-6-11)10-15(20)13-3-4-16-14(9-13)18-17(21)12(2)22-16/h3-4,9,11-12,15,20H,5-8,10H2,1-2H3,(H,18,21). The number of nitrogens with zero attached hydrogens (tertiary/aromatic N) is 1. The molecule has 1 amide bonds. The molecule has 3 rings (SSSR count). The van der Waals surface area contributed by atoms with Gasteiger partial charge in [-0.05, 0) is 56.5 Å². The summed E-state index contributed by atoms with van der Waals surface area (Å²) in [5.74, 6) is 1.30. The van der Waals surface area contributed by atoms with Gasteiger partial charge in [0.1, 0.15) is 5.75 Å². The molecule has 0 saturated carbocycles. The smallest absolute Gasteiger partial charge is 0.265 e. The average molecular weight is 304 g/mol. The van der Waals surface area contributed by atoms with Gasteiger partial charge in [0.25, 0.3) is 5.91 Å². The van der Waals surface area contributed by atoms with Crippen LogP contribution in [0.15, 0.2) is 18.2 Å². The lowest BCUT2D eigenvalue weighted by Crippen LogP contribution is -2.36. The lowest BCUT2D eigenvalue weighted by atomic mass is 9.98. The van der Waals surface area contributed by atoms with Crippen LogP contribution in [0.25, 0.3) is 0 Å². The van der Waals surface area contributed by atoms with E-state index < -0.39 is 12.2 Å². The number of β-amino-alcohol motifs (C(OH)–C–C–N with tert-alkyl or cyclic N) is 1. The van der Waals surface area contributed by atoms with Gasteiger partial charge in [-0.3, -0.25) is 4.79 Å². The first kappa shape index (κ1) is 15.3. The molecule has 2 heterocycles. The molecule has 2 aliphatic rings. The van der Waals surface area contributed by atoms with Gasteiger partial charge in [-0.1, -0.05) is 13.0 Å². The molecule has 1 aromatic carbocycles. The molecule has 0 aliphatic carbocycles. The molecule has 120 valence electrons. The van der Waals surface area contributed by atoms with Crippen LogP contribution < -0.4 is 10.1 Å². The maximum atomic E-state index is 11.7. The summed E-state index contributed by atoms with van der Waals surface area (Å²) in [4.78, 5) is 14.0. The summed E-state index contributed by atoms with van der Waals surface area (Å²) in [6.07, 6.45) is 1.37. The van der Waals surface area contributed by atoms with Crippen molar-refractivity contribution < 1.29 is 14.6 Å². The number of aliphatic hydroxyl groups excluding tert-OH is 1. The molecule has 1 saturated heterocycles. The van der Waals surface area contributed by atoms with E-state index in [2.05, 4.69) is 17.1 Å². The number of fused-ring (bicyclic) bond motifs is 1. The molecular weight excluding hydrogens is 280 g/mol. The zero-order chi connectivity index (χ0) is 15.7. The molecule has 5 heteroatoms. The third kappa shape index (κ3) is 3.25. The predicted octanol–water partition coefficient (Wildman–Crippen LogP) is 2.17. The SMILES string of the molecule is CC1CCN(CC(O)c2ccc3c(c2)NC(=O)C(C)O3)CC1. The monoisotopic (exact) mass is 304 g/mol. The third-order valence-corrected chi connectivity index (χ3v) is 4.63. The zero-order valence-electron chi connectivity index (χ0n) is 13.2. The van der Waals surface area contributed by atoms with E-state index in [1.807, 2.05) is 18.2 Å². The highest BCUT2D eigenvalue weighted by molar-refractivity contribution is 5.97. The molecule has 2 aliphatic heterocycles. The van der Waals surface area contributed by atoms with E-state index in [9.17, 15) is 9.90 Å². The van der Waals surface area contributed by atoms with Crippen molar-refractivity contribution >= 4 is 11.6 Å². The predicted molar refractivity (Wildman–Crippen MR) is 85.0 cm³/mol. The van der Waals surface area contributed by atoms with Gasteiger partial charge in [0.15, 0.2) is 6.10 Å². The second kappa shape index (κ2) is 6.26. The van der Waals surface area contributed by atoms with Gasteiger partial charge in [0, 0.05) is 6.54 Å². The molecule has 1 fully saturated rings. The van der Waals surface area contributed by atoms with Crippen molar-refractivity contribution in [3.8, 4) is 5.75 Å². The molecule has 22 heavy (non-hydrogen) atoms. The van der Waals surface area contributed by atoms with Crippen molar-refractivity contribution in [2.45, 2.75) is 38.9 Å². The molecule has 2 unspecified atom stereocenters. The van der Waals surface area contributed by atoms with Crippen molar-refractivity contribution in [1.29, 1.82) is 0 Å². The van der Waals surface area contributed by atoms with Crippen LogP contribution in [0.2, 0.25) is 0 Å². The summed E-state index contributed by atoms with van der Waals surface area (Å²) in [6.45, 7) is 6.72. The van der Waals surface area contributed by atoms with Crippen LogP contribution in [0.4, 0.5) is 5.69 Å². The Balaban J connectivity index is 1.67. The fourth-order valence-electron chi connectivity index (χ4n) is 3.03. The Kier molecular flexibility index (Phi) is 4.36. The molecule has 0 radical (unpaired) electrons. The highest BCUT2D eigenvalue weighted by atomic mass is 16.5. The van der Waals surface area contributed by atoms with Crippen LogP contribution in [0.1, 0.15) is 38.4 Å². The number of carbonyl (C=O) groups is 1. The first-order valence-electron chi connectivity index (χ1n) is 8.05. The fourth-order valence-corrected chi connectivity index (χ4v) is 3.03. The van der Waals surface area contributed by atoms with E-state index in [4.69, 9.17) is 4.74 Å². The lowest BCUT2D eigenvalue weighted by molar-refractivity contribution is -0.122. The summed E-state index contributed by atoms with van der Waals surface area (Å²) in [7, 11) is 0. The number of ether oxygens (including phenoxy) is 1. The Morgan fingerprint density at radius 3 is 2.82 bits per heavy atom. The molecule has 0 bridgehead atoms. The minimum atomic E-state index is -0.546. The quantitative estimate of drug-likeness (QED) is 0.898. The second-order valence-corrected chi connectivity index (χ2v) is 6.50. The highest BCUT2D eigenvalue weighted by Crippen LogP contribution is 2.32. The molecule has 2 atom stereocenters. The first-order chi connectivity index (χ1) is 10.5. The van der Waals surface area contributed by atoms with Gasteiger partial charge >= 0.3 is 0 Å². The van der Waals surface area contributed by atoms with Gasteiger partial charge in [0.05, 0.1) is 11.8 Å². The Morgan fingerprint density at radius 1 is 1.36 bits per heavy atom. The number of benzene rings is 1. The maximum absolute atomic E-state index is 11.7. The Labute approximate surface area is 131 Å². The highest BCUT2D eigenvalue weighted by Gasteiger charge is 2.25. The molecule has 1 aromatic rings. The summed E-state index contributed by atoms with van der Waals surface area (Å²) >= 11 is 0. The van der Waals surface area contributed by atoms with E-state index in [0.29, 0.717) is 18.0 Å². The number of likely N-dealkylation sites (tertiary alicyclic amines) is 1. The van der Waals surface area contributed by atoms with Gasteiger partial charge in [-0.15, -0.1) is 0 Å².